The molecule has 2 heteroatoms. The van der Waals surface area contributed by atoms with Gasteiger partial charge in [0.1, 0.15) is 0 Å². The minimum absolute atomic E-state index is 0.660. The largest absolute Gasteiger partial charge is 0.135 e. The van der Waals surface area contributed by atoms with Crippen LogP contribution in [0.1, 0.15) is 6.92 Å². The summed E-state index contributed by atoms with van der Waals surface area (Å²) in [6.07, 6.45) is 0. The minimum atomic E-state index is -2.32. The number of halogens is 1. The molecule has 0 heterocycles. The molecule has 26 valence electrons. The van der Waals surface area contributed by atoms with Gasteiger partial charge in [-0.15, -0.1) is 15.3 Å². The van der Waals surface area contributed by atoms with Gasteiger partial charge >= 0.3 is 0 Å². The monoisotopic (exact) mass is 140 g/mol. The summed E-state index contributed by atoms with van der Waals surface area (Å²) >= 11 is 2.95. The zero-order chi connectivity index (χ0) is 5.21. The summed E-state index contributed by atoms with van der Waals surface area (Å²) in [6.45, 7) is 1.85. The van der Waals surface area contributed by atoms with Gasteiger partial charge in [0.15, 0.2) is 0 Å². The van der Waals surface area contributed by atoms with E-state index in [-0.39, 0.29) is 0 Å². The van der Waals surface area contributed by atoms with Crippen LogP contribution in [-0.2, 0) is 0 Å². The van der Waals surface area contributed by atoms with E-state index in [4.69, 9.17) is 2.47 Å². The van der Waals surface area contributed by atoms with Crippen molar-refractivity contribution in [1.29, 1.82) is 2.47 Å². The molecule has 0 fully saturated rings. The maximum Gasteiger partial charge on any atom is 0.0982 e. The molecule has 0 spiro atoms. The van der Waals surface area contributed by atoms with E-state index in [1.807, 2.05) is 6.92 Å². The van der Waals surface area contributed by atoms with Gasteiger partial charge < -0.3 is 0 Å². The maximum absolute atomic E-state index is 6.90. The Morgan fingerprint density at radius 3 is 2.75 bits per heavy atom. The predicted octanol–water partition coefficient (Wildman–Crippen LogP) is 0.903. The average Bonchev–Trinajstić information content (AvgIpc) is 1.35. The highest BCUT2D eigenvalue weighted by Gasteiger charge is 1.61. The Hall–Kier alpha value is 0.697. The van der Waals surface area contributed by atoms with E-state index in [2.05, 4.69) is 15.3 Å². The molecule has 0 saturated carbocycles. The van der Waals surface area contributed by atoms with Gasteiger partial charge in [-0.2, -0.15) is 0 Å². The summed E-state index contributed by atoms with van der Waals surface area (Å²) in [5.41, 5.74) is 0. The summed E-state index contributed by atoms with van der Waals surface area (Å²) in [4.78, 5) is 0. The molecule has 4 heavy (non-hydrogen) atoms. The highest BCUT2D eigenvalue weighted by atomic mass is 79.9. The summed E-state index contributed by atoms with van der Waals surface area (Å²) in [6, 6.07) is 0.660. The number of hydrogen-bond donors (Lipinski definition) is 0. The second kappa shape index (κ2) is 3.70. The lowest BCUT2D eigenvalue weighted by Crippen LogP contribution is -1.60. The van der Waals surface area contributed by atoms with Crippen LogP contribution in [0, 0.1) is 0 Å². The Morgan fingerprint density at radius 2 is 2.75 bits per heavy atom. The standard InChI is InChI=1S/C2H7BrSi/c1-2-4-3/h2,4H2,1H3/i4D2. The minimum Gasteiger partial charge on any atom is -0.135 e. The average molecular weight is 141 g/mol. The third-order valence-corrected chi connectivity index (χ3v) is 2.08. The first-order valence-corrected chi connectivity index (χ1v) is 4.71. The molecule has 0 radical (unpaired) electrons. The molecule has 0 aliphatic carbocycles. The van der Waals surface area contributed by atoms with E-state index in [1.54, 1.807) is 0 Å². The van der Waals surface area contributed by atoms with Crippen LogP contribution < -0.4 is 0 Å². The van der Waals surface area contributed by atoms with E-state index in [1.165, 1.54) is 0 Å². The summed E-state index contributed by atoms with van der Waals surface area (Å²) in [7, 11) is -2.32. The zero-order valence-corrected chi connectivity index (χ0v) is 5.17. The van der Waals surface area contributed by atoms with Gasteiger partial charge in [0.25, 0.3) is 0 Å². The van der Waals surface area contributed by atoms with Crippen molar-refractivity contribution in [2.45, 2.75) is 13.0 Å². The van der Waals surface area contributed by atoms with Gasteiger partial charge in [0.2, 0.25) is 0 Å². The highest BCUT2D eigenvalue weighted by molar-refractivity contribution is 9.23. The molecule has 0 atom stereocenters. The van der Waals surface area contributed by atoms with Crippen molar-refractivity contribution in [1.82, 2.24) is 0 Å². The van der Waals surface area contributed by atoms with E-state index in [0.29, 0.717) is 6.04 Å². The fourth-order valence-corrected chi connectivity index (χ4v) is 0. The van der Waals surface area contributed by atoms with Crippen LogP contribution in [0.5, 0.6) is 0 Å². The molecule has 0 unspecified atom stereocenters. The third kappa shape index (κ3) is 2.70. The SMILES string of the molecule is [2H][Si]([2H])(Br)CC. The second-order valence-electron chi connectivity index (χ2n) is 0.487. The molecular weight excluding hydrogens is 132 g/mol. The normalized spacial score (nSPS) is 18.5. The second-order valence-corrected chi connectivity index (χ2v) is 3.14. The third-order valence-electron chi connectivity index (χ3n) is 0.134. The lowest BCUT2D eigenvalue weighted by Gasteiger charge is -1.63. The van der Waals surface area contributed by atoms with E-state index >= 15 is 0 Å². The van der Waals surface area contributed by atoms with Gasteiger partial charge in [0.05, 0.1) is 8.00 Å². The van der Waals surface area contributed by atoms with E-state index in [9.17, 15) is 0 Å². The Labute approximate surface area is 39.4 Å². The Balaban J connectivity index is 3.17. The van der Waals surface area contributed by atoms with Crippen molar-refractivity contribution in [3.8, 4) is 0 Å². The first kappa shape index (κ1) is 1.98. The van der Waals surface area contributed by atoms with Gasteiger partial charge in [-0.3, -0.25) is 0 Å². The summed E-state index contributed by atoms with van der Waals surface area (Å²) in [5.74, 6) is 0. The van der Waals surface area contributed by atoms with Crippen molar-refractivity contribution in [3.63, 3.8) is 0 Å². The molecule has 0 bridgehead atoms. The lowest BCUT2D eigenvalue weighted by molar-refractivity contribution is 1.48. The molecule has 0 aromatic rings. The molecule has 0 nitrogen and oxygen atoms in total. The van der Waals surface area contributed by atoms with Crippen molar-refractivity contribution in [3.05, 3.63) is 0 Å². The molecule has 0 amide bonds. The molecule has 0 aromatic heterocycles. The molecule has 0 aliphatic heterocycles. The van der Waals surface area contributed by atoms with Crippen LogP contribution in [0.2, 0.25) is 6.04 Å². The van der Waals surface area contributed by atoms with Crippen molar-refractivity contribution in [2.75, 3.05) is 0 Å². The van der Waals surface area contributed by atoms with Crippen LogP contribution >= 0.6 is 15.3 Å². The van der Waals surface area contributed by atoms with E-state index in [0.717, 1.165) is 0 Å². The number of rotatable bonds is 1. The van der Waals surface area contributed by atoms with E-state index < -0.39 is 8.00 Å². The first-order chi connectivity index (χ1) is 2.56. The van der Waals surface area contributed by atoms with Crippen LogP contribution in [0.3, 0.4) is 0 Å². The molecule has 0 aromatic carbocycles. The van der Waals surface area contributed by atoms with Gasteiger partial charge in [-0.1, -0.05) is 13.0 Å². The maximum atomic E-state index is 6.90. The van der Waals surface area contributed by atoms with Crippen LogP contribution in [0.4, 0.5) is 0 Å². The quantitative estimate of drug-likeness (QED) is 0.376. The van der Waals surface area contributed by atoms with Crippen LogP contribution in [0.25, 0.3) is 0 Å². The van der Waals surface area contributed by atoms with Crippen molar-refractivity contribution >= 4 is 23.3 Å². The Morgan fingerprint density at radius 1 is 2.50 bits per heavy atom. The first-order valence-electron chi connectivity index (χ1n) is 2.25. The summed E-state index contributed by atoms with van der Waals surface area (Å²) in [5, 5.41) is 0. The Bertz CT molecular complexity index is 41.3. The Kier molecular flexibility index (Phi) is 1.83. The van der Waals surface area contributed by atoms with Gasteiger partial charge in [-0.25, -0.2) is 0 Å². The zero-order valence-electron chi connectivity index (χ0n) is 4.59. The topological polar surface area (TPSA) is 0 Å². The molecule has 0 aliphatic rings. The van der Waals surface area contributed by atoms with Crippen LogP contribution in [-0.4, -0.2) is 10.5 Å². The predicted molar refractivity (Wildman–Crippen MR) is 28.0 cm³/mol. The van der Waals surface area contributed by atoms with Crippen molar-refractivity contribution < 1.29 is 0 Å². The highest BCUT2D eigenvalue weighted by Crippen LogP contribution is 1.77. The van der Waals surface area contributed by atoms with Gasteiger partial charge in [-0.05, 0) is 0 Å². The number of hydrogen-bond acceptors (Lipinski definition) is 0. The molecule has 0 saturated heterocycles. The summed E-state index contributed by atoms with van der Waals surface area (Å²) < 4.78 is 13.8. The molecule has 0 rings (SSSR count). The lowest BCUT2D eigenvalue weighted by atomic mass is 11.0. The van der Waals surface area contributed by atoms with Crippen molar-refractivity contribution in [2.24, 2.45) is 0 Å². The smallest absolute Gasteiger partial charge is 0.0982 e. The fourth-order valence-electron chi connectivity index (χ4n) is 0. The molecular formula is C2H7BrSi. The van der Waals surface area contributed by atoms with Crippen LogP contribution in [0.15, 0.2) is 0 Å². The molecule has 0 N–H and O–H groups in total. The van der Waals surface area contributed by atoms with Gasteiger partial charge in [0, 0.05) is 2.47 Å². The fraction of sp³-hybridized carbons (Fsp3) is 1.00.